The largest absolute Gasteiger partial charge is 0.416 e. The van der Waals surface area contributed by atoms with Crippen molar-refractivity contribution in [1.29, 1.82) is 0 Å². The Morgan fingerprint density at radius 2 is 1.84 bits per heavy atom. The maximum Gasteiger partial charge on any atom is 0.416 e. The van der Waals surface area contributed by atoms with Crippen LogP contribution in [0.5, 0.6) is 0 Å². The van der Waals surface area contributed by atoms with E-state index in [-0.39, 0.29) is 23.1 Å². The Hall–Kier alpha value is -3.18. The van der Waals surface area contributed by atoms with Crippen molar-refractivity contribution < 1.29 is 22.2 Å². The second-order valence-corrected chi connectivity index (χ2v) is 10.3. The number of amides is 1. The van der Waals surface area contributed by atoms with Gasteiger partial charge in [0.05, 0.1) is 20.8 Å². The van der Waals surface area contributed by atoms with Crippen molar-refractivity contribution >= 4 is 37.6 Å². The van der Waals surface area contributed by atoms with Gasteiger partial charge >= 0.3 is 6.18 Å². The van der Waals surface area contributed by atoms with E-state index in [1.54, 1.807) is 40.7 Å². The van der Waals surface area contributed by atoms with Crippen LogP contribution in [0.2, 0.25) is 0 Å². The van der Waals surface area contributed by atoms with Gasteiger partial charge in [0.25, 0.3) is 5.91 Å². The molecule has 0 atom stereocenters. The van der Waals surface area contributed by atoms with Crippen LogP contribution in [0.25, 0.3) is 27.6 Å². The standard InChI is InChI=1S/C21H18F3N5O2S/c1-28-9-17-16-8-12(20(30)27-32(31)10-14(25)11-32)2-7-18(16)29(19(17)26-28)15-5-3-13(4-6-15)21(22,23)24/h2-9,14H,10-11,25H2,1H3. The molecule has 1 saturated heterocycles. The fourth-order valence-corrected chi connectivity index (χ4v) is 5.78. The number of fused-ring (bicyclic) bond motifs is 3. The summed E-state index contributed by atoms with van der Waals surface area (Å²) in [6.07, 6.45) is -2.66. The first kappa shape index (κ1) is 20.7. The van der Waals surface area contributed by atoms with Gasteiger partial charge in [-0.1, -0.05) is 0 Å². The predicted molar refractivity (Wildman–Crippen MR) is 115 cm³/mol. The lowest BCUT2D eigenvalue weighted by molar-refractivity contribution is -0.137. The fourth-order valence-electron chi connectivity index (χ4n) is 3.99. The summed E-state index contributed by atoms with van der Waals surface area (Å²) >= 11 is 0. The highest BCUT2D eigenvalue weighted by molar-refractivity contribution is 7.95. The van der Waals surface area contributed by atoms with Gasteiger partial charge < -0.3 is 5.73 Å². The number of halogens is 3. The minimum Gasteiger partial charge on any atom is -0.326 e. The Labute approximate surface area is 180 Å². The minimum atomic E-state index is -4.43. The normalized spacial score (nSPS) is 21.1. The molecule has 3 heterocycles. The molecule has 7 nitrogen and oxygen atoms in total. The Balaban J connectivity index is 1.65. The van der Waals surface area contributed by atoms with Crippen molar-refractivity contribution in [3.63, 3.8) is 0 Å². The van der Waals surface area contributed by atoms with E-state index in [4.69, 9.17) is 5.73 Å². The second-order valence-electron chi connectivity index (χ2n) is 7.91. The van der Waals surface area contributed by atoms with Gasteiger partial charge in [-0.15, -0.1) is 0 Å². The molecule has 0 spiro atoms. The highest BCUT2D eigenvalue weighted by Gasteiger charge is 2.31. The molecular weight excluding hydrogens is 443 g/mol. The molecule has 166 valence electrons. The van der Waals surface area contributed by atoms with Crippen molar-refractivity contribution in [2.24, 2.45) is 17.1 Å². The van der Waals surface area contributed by atoms with Crippen LogP contribution in [0.1, 0.15) is 15.9 Å². The third-order valence-electron chi connectivity index (χ3n) is 5.45. The summed E-state index contributed by atoms with van der Waals surface area (Å²) in [4.78, 5) is 12.6. The molecule has 1 amide bonds. The number of rotatable bonds is 2. The molecule has 11 heteroatoms. The van der Waals surface area contributed by atoms with Crippen LogP contribution in [-0.2, 0) is 23.0 Å². The number of aromatic nitrogens is 3. The van der Waals surface area contributed by atoms with E-state index in [2.05, 4.69) is 9.46 Å². The zero-order valence-electron chi connectivity index (χ0n) is 16.8. The van der Waals surface area contributed by atoms with Crippen LogP contribution in [0.15, 0.2) is 53.0 Å². The topological polar surface area (TPSA) is 95.3 Å². The Morgan fingerprint density at radius 3 is 2.47 bits per heavy atom. The number of carbonyl (C=O) groups excluding carboxylic acids is 1. The molecule has 0 unspecified atom stereocenters. The summed E-state index contributed by atoms with van der Waals surface area (Å²) in [5.41, 5.74) is 6.93. The molecule has 2 aromatic heterocycles. The molecule has 2 N–H and O–H groups in total. The van der Waals surface area contributed by atoms with Gasteiger partial charge in [0, 0.05) is 52.8 Å². The quantitative estimate of drug-likeness (QED) is 0.494. The number of aryl methyl sites for hydroxylation is 1. The molecule has 4 aromatic rings. The molecule has 1 aliphatic heterocycles. The molecule has 0 saturated carbocycles. The number of carbonyl (C=O) groups is 1. The molecule has 0 aliphatic carbocycles. The van der Waals surface area contributed by atoms with E-state index in [1.165, 1.54) is 12.1 Å². The number of benzene rings is 2. The van der Waals surface area contributed by atoms with Gasteiger partial charge in [0.15, 0.2) is 5.65 Å². The summed E-state index contributed by atoms with van der Waals surface area (Å²) in [6.45, 7) is 0. The SMILES string of the molecule is Cn1cc2c3cc(C(=O)N=S4(=O)CC(N)C4)ccc3n(-c3ccc(C(F)(F)F)cc3)c2n1. The van der Waals surface area contributed by atoms with Crippen LogP contribution >= 0.6 is 0 Å². The lowest BCUT2D eigenvalue weighted by Gasteiger charge is -2.25. The third kappa shape index (κ3) is 3.37. The van der Waals surface area contributed by atoms with Crippen molar-refractivity contribution in [3.8, 4) is 5.69 Å². The predicted octanol–water partition coefficient (Wildman–Crippen LogP) is 3.49. The van der Waals surface area contributed by atoms with Crippen LogP contribution in [0, 0.1) is 0 Å². The molecule has 2 aromatic carbocycles. The summed E-state index contributed by atoms with van der Waals surface area (Å²) in [5, 5.41) is 5.87. The average molecular weight is 461 g/mol. The highest BCUT2D eigenvalue weighted by Crippen LogP contribution is 2.34. The fraction of sp³-hybridized carbons (Fsp3) is 0.238. The van der Waals surface area contributed by atoms with Crippen molar-refractivity contribution in [3.05, 3.63) is 59.8 Å². The van der Waals surface area contributed by atoms with E-state index in [0.29, 0.717) is 22.2 Å². The summed E-state index contributed by atoms with van der Waals surface area (Å²) in [5.74, 6) is -0.167. The average Bonchev–Trinajstić information content (AvgIpc) is 3.20. The Morgan fingerprint density at radius 1 is 1.16 bits per heavy atom. The summed E-state index contributed by atoms with van der Waals surface area (Å²) < 4.78 is 58.6. The zero-order chi connectivity index (χ0) is 22.8. The van der Waals surface area contributed by atoms with Crippen LogP contribution in [0.4, 0.5) is 13.2 Å². The summed E-state index contributed by atoms with van der Waals surface area (Å²) in [7, 11) is -0.860. The van der Waals surface area contributed by atoms with Crippen molar-refractivity contribution in [2.45, 2.75) is 12.2 Å². The summed E-state index contributed by atoms with van der Waals surface area (Å²) in [6, 6.07) is 9.51. The van der Waals surface area contributed by atoms with E-state index in [0.717, 1.165) is 17.5 Å². The van der Waals surface area contributed by atoms with E-state index < -0.39 is 27.4 Å². The van der Waals surface area contributed by atoms with Crippen molar-refractivity contribution in [2.75, 3.05) is 11.5 Å². The molecular formula is C21H18F3N5O2S. The second kappa shape index (κ2) is 6.91. The maximum absolute atomic E-state index is 13.0. The number of hydrogen-bond acceptors (Lipinski definition) is 4. The van der Waals surface area contributed by atoms with Crippen molar-refractivity contribution in [1.82, 2.24) is 14.3 Å². The van der Waals surface area contributed by atoms with Crippen LogP contribution in [-0.4, -0.2) is 42.0 Å². The van der Waals surface area contributed by atoms with E-state index in [9.17, 15) is 22.2 Å². The molecule has 1 fully saturated rings. The molecule has 0 radical (unpaired) electrons. The van der Waals surface area contributed by atoms with Gasteiger partial charge in [-0.2, -0.15) is 22.6 Å². The van der Waals surface area contributed by atoms with Gasteiger partial charge in [0.1, 0.15) is 0 Å². The van der Waals surface area contributed by atoms with Crippen LogP contribution in [0.3, 0.4) is 0 Å². The number of nitrogens with two attached hydrogens (primary N) is 1. The van der Waals surface area contributed by atoms with E-state index >= 15 is 0 Å². The smallest absolute Gasteiger partial charge is 0.326 e. The minimum absolute atomic E-state index is 0.200. The van der Waals surface area contributed by atoms with Gasteiger partial charge in [-0.05, 0) is 42.5 Å². The molecule has 1 aliphatic rings. The third-order valence-corrected chi connectivity index (χ3v) is 7.84. The number of alkyl halides is 3. The van der Waals surface area contributed by atoms with Gasteiger partial charge in [0.2, 0.25) is 0 Å². The zero-order valence-corrected chi connectivity index (χ0v) is 17.7. The molecule has 5 rings (SSSR count). The highest BCUT2D eigenvalue weighted by atomic mass is 32.2. The Bertz CT molecular complexity index is 1500. The molecule has 0 bridgehead atoms. The van der Waals surface area contributed by atoms with Gasteiger partial charge in [-0.3, -0.25) is 14.0 Å². The monoisotopic (exact) mass is 461 g/mol. The van der Waals surface area contributed by atoms with E-state index in [1.807, 2.05) is 0 Å². The van der Waals surface area contributed by atoms with Gasteiger partial charge in [-0.25, -0.2) is 4.21 Å². The number of nitrogens with zero attached hydrogens (tertiary/aromatic N) is 4. The molecule has 32 heavy (non-hydrogen) atoms. The lowest BCUT2D eigenvalue weighted by Crippen LogP contribution is -2.47. The van der Waals surface area contributed by atoms with Crippen LogP contribution < -0.4 is 5.73 Å². The maximum atomic E-state index is 13.0. The number of hydrogen-bond donors (Lipinski definition) is 1. The first-order valence-electron chi connectivity index (χ1n) is 9.72. The lowest BCUT2D eigenvalue weighted by atomic mass is 10.1. The first-order chi connectivity index (χ1) is 15.0. The first-order valence-corrected chi connectivity index (χ1v) is 11.6. The Kier molecular flexibility index (Phi) is 4.47.